The number of nitrogens with zero attached hydrogens (tertiary/aromatic N) is 2. The molecule has 0 amide bonds. The van der Waals surface area contributed by atoms with Crippen molar-refractivity contribution in [1.82, 2.24) is 0 Å². The SMILES string of the molecule is O=CC1=CCC(C=O)(N=Nc2ccccc2)C=C1. The van der Waals surface area contributed by atoms with Crippen LogP contribution in [0.3, 0.4) is 0 Å². The number of rotatable bonds is 4. The van der Waals surface area contributed by atoms with Gasteiger partial charge in [0.1, 0.15) is 6.29 Å². The molecule has 0 saturated heterocycles. The van der Waals surface area contributed by atoms with Crippen LogP contribution in [0.2, 0.25) is 0 Å². The van der Waals surface area contributed by atoms with Gasteiger partial charge in [0, 0.05) is 12.0 Å². The van der Waals surface area contributed by atoms with Crippen LogP contribution < -0.4 is 0 Å². The van der Waals surface area contributed by atoms with E-state index in [1.165, 1.54) is 0 Å². The van der Waals surface area contributed by atoms with Crippen molar-refractivity contribution in [2.75, 3.05) is 0 Å². The molecule has 1 aromatic rings. The van der Waals surface area contributed by atoms with Gasteiger partial charge in [0.15, 0.2) is 11.8 Å². The Morgan fingerprint density at radius 3 is 2.50 bits per heavy atom. The van der Waals surface area contributed by atoms with Crippen molar-refractivity contribution in [2.45, 2.75) is 12.0 Å². The number of azo groups is 1. The van der Waals surface area contributed by atoms with E-state index in [-0.39, 0.29) is 0 Å². The van der Waals surface area contributed by atoms with Crippen LogP contribution in [0, 0.1) is 0 Å². The van der Waals surface area contributed by atoms with Crippen LogP contribution in [0.25, 0.3) is 0 Å². The molecule has 1 aromatic carbocycles. The molecule has 1 unspecified atom stereocenters. The first-order valence-electron chi connectivity index (χ1n) is 5.57. The number of carbonyl (C=O) groups is 2. The Bertz CT molecular complexity index is 532. The van der Waals surface area contributed by atoms with Crippen molar-refractivity contribution in [3.8, 4) is 0 Å². The van der Waals surface area contributed by atoms with Gasteiger partial charge in [-0.25, -0.2) is 0 Å². The lowest BCUT2D eigenvalue weighted by molar-refractivity contribution is -0.111. The van der Waals surface area contributed by atoms with Gasteiger partial charge in [-0.1, -0.05) is 30.4 Å². The molecular formula is C14H12N2O2. The second-order valence-corrected chi connectivity index (χ2v) is 4.00. The van der Waals surface area contributed by atoms with E-state index in [1.807, 2.05) is 18.2 Å². The minimum atomic E-state index is -0.984. The molecule has 0 saturated carbocycles. The monoisotopic (exact) mass is 240 g/mol. The standard InChI is InChI=1S/C14H12N2O2/c17-10-12-6-8-14(11-18,9-7-12)16-15-13-4-2-1-3-5-13/h1-8,10-11H,9H2. The van der Waals surface area contributed by atoms with Gasteiger partial charge in [0.25, 0.3) is 0 Å². The summed E-state index contributed by atoms with van der Waals surface area (Å²) in [5.41, 5.74) is 0.266. The summed E-state index contributed by atoms with van der Waals surface area (Å²) in [5.74, 6) is 0. The highest BCUT2D eigenvalue weighted by Gasteiger charge is 2.27. The minimum absolute atomic E-state index is 0.359. The molecule has 2 rings (SSSR count). The molecular weight excluding hydrogens is 228 g/mol. The van der Waals surface area contributed by atoms with Crippen LogP contribution in [0.1, 0.15) is 6.42 Å². The third-order valence-electron chi connectivity index (χ3n) is 2.68. The highest BCUT2D eigenvalue weighted by Crippen LogP contribution is 2.25. The predicted molar refractivity (Wildman–Crippen MR) is 67.7 cm³/mol. The summed E-state index contributed by atoms with van der Waals surface area (Å²) in [6.07, 6.45) is 6.74. The molecule has 0 heterocycles. The van der Waals surface area contributed by atoms with Gasteiger partial charge in [-0.05, 0) is 18.2 Å². The summed E-state index contributed by atoms with van der Waals surface area (Å²) in [6, 6.07) is 9.20. The highest BCUT2D eigenvalue weighted by atomic mass is 16.1. The largest absolute Gasteiger partial charge is 0.300 e. The first kappa shape index (κ1) is 12.1. The van der Waals surface area contributed by atoms with E-state index in [4.69, 9.17) is 0 Å². The Hall–Kier alpha value is -2.36. The number of aldehydes is 2. The van der Waals surface area contributed by atoms with Gasteiger partial charge in [-0.2, -0.15) is 10.2 Å². The van der Waals surface area contributed by atoms with E-state index >= 15 is 0 Å². The van der Waals surface area contributed by atoms with Gasteiger partial charge >= 0.3 is 0 Å². The molecule has 0 fully saturated rings. The number of carbonyl (C=O) groups excluding carboxylic acids is 2. The highest BCUT2D eigenvalue weighted by molar-refractivity contribution is 5.80. The van der Waals surface area contributed by atoms with Crippen LogP contribution in [0.5, 0.6) is 0 Å². The molecule has 0 N–H and O–H groups in total. The van der Waals surface area contributed by atoms with Crippen molar-refractivity contribution in [3.63, 3.8) is 0 Å². The van der Waals surface area contributed by atoms with E-state index in [2.05, 4.69) is 10.2 Å². The second kappa shape index (κ2) is 5.31. The van der Waals surface area contributed by atoms with Gasteiger partial charge < -0.3 is 4.79 Å². The van der Waals surface area contributed by atoms with E-state index in [0.29, 0.717) is 17.7 Å². The first-order valence-corrected chi connectivity index (χ1v) is 5.57. The molecule has 4 heteroatoms. The van der Waals surface area contributed by atoms with Crippen LogP contribution in [-0.2, 0) is 9.59 Å². The zero-order chi connectivity index (χ0) is 12.8. The molecule has 0 aliphatic heterocycles. The van der Waals surface area contributed by atoms with Crippen molar-refractivity contribution in [3.05, 3.63) is 54.1 Å². The Kier molecular flexibility index (Phi) is 3.57. The number of hydrogen-bond donors (Lipinski definition) is 0. The zero-order valence-electron chi connectivity index (χ0n) is 9.69. The molecule has 4 nitrogen and oxygen atoms in total. The summed E-state index contributed by atoms with van der Waals surface area (Å²) >= 11 is 0. The molecule has 1 aliphatic carbocycles. The Balaban J connectivity index is 2.19. The van der Waals surface area contributed by atoms with Crippen molar-refractivity contribution in [1.29, 1.82) is 0 Å². The van der Waals surface area contributed by atoms with Gasteiger partial charge in [-0.3, -0.25) is 4.79 Å². The van der Waals surface area contributed by atoms with Crippen LogP contribution in [0.15, 0.2) is 64.4 Å². The first-order chi connectivity index (χ1) is 8.78. The topological polar surface area (TPSA) is 58.9 Å². The third-order valence-corrected chi connectivity index (χ3v) is 2.68. The lowest BCUT2D eigenvalue weighted by atomic mass is 9.91. The van der Waals surface area contributed by atoms with E-state index in [0.717, 1.165) is 12.6 Å². The third kappa shape index (κ3) is 2.66. The van der Waals surface area contributed by atoms with Crippen molar-refractivity contribution < 1.29 is 9.59 Å². The van der Waals surface area contributed by atoms with Gasteiger partial charge in [0.05, 0.1) is 5.69 Å². The smallest absolute Gasteiger partial charge is 0.159 e. The second-order valence-electron chi connectivity index (χ2n) is 4.00. The number of hydrogen-bond acceptors (Lipinski definition) is 4. The predicted octanol–water partition coefficient (Wildman–Crippen LogP) is 2.79. The average Bonchev–Trinajstić information content (AvgIpc) is 2.47. The molecule has 1 atom stereocenters. The molecule has 0 bridgehead atoms. The quantitative estimate of drug-likeness (QED) is 0.600. The van der Waals surface area contributed by atoms with E-state index in [9.17, 15) is 9.59 Å². The van der Waals surface area contributed by atoms with E-state index in [1.54, 1.807) is 30.4 Å². The Labute approximate surface area is 105 Å². The molecule has 18 heavy (non-hydrogen) atoms. The van der Waals surface area contributed by atoms with Gasteiger partial charge in [0.2, 0.25) is 0 Å². The molecule has 1 aliphatic rings. The Morgan fingerprint density at radius 2 is 1.94 bits per heavy atom. The maximum atomic E-state index is 11.2. The lowest BCUT2D eigenvalue weighted by Gasteiger charge is -2.19. The maximum absolute atomic E-state index is 11.2. The minimum Gasteiger partial charge on any atom is -0.300 e. The summed E-state index contributed by atoms with van der Waals surface area (Å²) in [7, 11) is 0. The molecule has 90 valence electrons. The molecule has 0 radical (unpaired) electrons. The fourth-order valence-corrected chi connectivity index (χ4v) is 1.58. The maximum Gasteiger partial charge on any atom is 0.159 e. The number of benzene rings is 1. The summed E-state index contributed by atoms with van der Waals surface area (Å²) in [4.78, 5) is 21.8. The lowest BCUT2D eigenvalue weighted by Crippen LogP contribution is -2.26. The Morgan fingerprint density at radius 1 is 1.17 bits per heavy atom. The van der Waals surface area contributed by atoms with Crippen LogP contribution >= 0.6 is 0 Å². The summed E-state index contributed by atoms with van der Waals surface area (Å²) in [5, 5.41) is 8.13. The molecule has 0 spiro atoms. The summed E-state index contributed by atoms with van der Waals surface area (Å²) < 4.78 is 0. The molecule has 0 aromatic heterocycles. The normalized spacial score (nSPS) is 22.8. The van der Waals surface area contributed by atoms with E-state index < -0.39 is 5.54 Å². The fraction of sp³-hybridized carbons (Fsp3) is 0.143. The fourth-order valence-electron chi connectivity index (χ4n) is 1.58. The van der Waals surface area contributed by atoms with Crippen LogP contribution in [-0.4, -0.2) is 18.1 Å². The summed E-state index contributed by atoms with van der Waals surface area (Å²) in [6.45, 7) is 0. The number of allylic oxidation sites excluding steroid dienone is 2. The van der Waals surface area contributed by atoms with Crippen molar-refractivity contribution in [2.24, 2.45) is 10.2 Å². The van der Waals surface area contributed by atoms with Crippen molar-refractivity contribution >= 4 is 18.3 Å². The zero-order valence-corrected chi connectivity index (χ0v) is 9.69. The van der Waals surface area contributed by atoms with Crippen LogP contribution in [0.4, 0.5) is 5.69 Å². The average molecular weight is 240 g/mol. The van der Waals surface area contributed by atoms with Gasteiger partial charge in [-0.15, -0.1) is 0 Å².